The number of benzene rings is 1. The Labute approximate surface area is 120 Å². The largest absolute Gasteiger partial charge is 0.444 e. The molecule has 1 aromatic carbocycles. The smallest absolute Gasteiger partial charge is 0.418 e. The molecular formula is C14H18F3NO3. The standard InChI is InChI=1S/C14H18F3NO3/c1-8-5-6-9(11(19)14(15,16)17)7-10(8)18-12(20)21-13(2,3)4/h5-7,11,19H,1-4H3,(H,18,20)/t11-/m1/s1. The molecule has 118 valence electrons. The normalized spacial score (nSPS) is 13.7. The Balaban J connectivity index is 2.96. The van der Waals surface area contributed by atoms with Crippen molar-refractivity contribution in [2.24, 2.45) is 0 Å². The molecule has 0 saturated carbocycles. The molecule has 1 atom stereocenters. The molecule has 0 unspecified atom stereocenters. The topological polar surface area (TPSA) is 58.6 Å². The number of carbonyl (C=O) groups is 1. The minimum Gasteiger partial charge on any atom is -0.444 e. The van der Waals surface area contributed by atoms with Crippen LogP contribution >= 0.6 is 0 Å². The summed E-state index contributed by atoms with van der Waals surface area (Å²) in [5.41, 5.74) is -0.357. The van der Waals surface area contributed by atoms with Crippen molar-refractivity contribution in [3.63, 3.8) is 0 Å². The molecular weight excluding hydrogens is 287 g/mol. The van der Waals surface area contributed by atoms with Crippen LogP contribution in [0, 0.1) is 6.92 Å². The van der Waals surface area contributed by atoms with Gasteiger partial charge in [0.25, 0.3) is 0 Å². The van der Waals surface area contributed by atoms with E-state index in [1.807, 2.05) is 0 Å². The Kier molecular flexibility index (Phi) is 4.88. The minimum atomic E-state index is -4.77. The monoisotopic (exact) mass is 305 g/mol. The number of carbonyl (C=O) groups excluding carboxylic acids is 1. The van der Waals surface area contributed by atoms with Gasteiger partial charge < -0.3 is 9.84 Å². The Hall–Kier alpha value is -1.76. The van der Waals surface area contributed by atoms with Crippen molar-refractivity contribution >= 4 is 11.8 Å². The molecule has 0 aliphatic rings. The first-order valence-electron chi connectivity index (χ1n) is 6.25. The molecule has 1 rings (SSSR count). The fourth-order valence-electron chi connectivity index (χ4n) is 1.55. The Bertz CT molecular complexity index is 521. The zero-order valence-corrected chi connectivity index (χ0v) is 12.2. The zero-order valence-electron chi connectivity index (χ0n) is 12.2. The number of amides is 1. The van der Waals surface area contributed by atoms with Gasteiger partial charge in [-0.25, -0.2) is 4.79 Å². The summed E-state index contributed by atoms with van der Waals surface area (Å²) in [5.74, 6) is 0. The number of hydrogen-bond acceptors (Lipinski definition) is 3. The van der Waals surface area contributed by atoms with Gasteiger partial charge in [-0.05, 0) is 44.9 Å². The van der Waals surface area contributed by atoms with Gasteiger partial charge in [0.05, 0.1) is 0 Å². The Morgan fingerprint density at radius 3 is 2.33 bits per heavy atom. The van der Waals surface area contributed by atoms with E-state index < -0.39 is 24.0 Å². The number of rotatable bonds is 2. The zero-order chi connectivity index (χ0) is 16.4. The van der Waals surface area contributed by atoms with Crippen molar-refractivity contribution < 1.29 is 27.8 Å². The van der Waals surface area contributed by atoms with E-state index in [0.29, 0.717) is 5.56 Å². The van der Waals surface area contributed by atoms with Crippen LogP contribution in [0.2, 0.25) is 0 Å². The lowest BCUT2D eigenvalue weighted by Crippen LogP contribution is -2.27. The average Bonchev–Trinajstić information content (AvgIpc) is 2.27. The highest BCUT2D eigenvalue weighted by atomic mass is 19.4. The number of anilines is 1. The summed E-state index contributed by atoms with van der Waals surface area (Å²) in [6, 6.07) is 3.63. The molecule has 0 spiro atoms. The molecule has 21 heavy (non-hydrogen) atoms. The van der Waals surface area contributed by atoms with E-state index in [2.05, 4.69) is 5.32 Å². The minimum absolute atomic E-state index is 0.157. The molecule has 0 aromatic heterocycles. The summed E-state index contributed by atoms with van der Waals surface area (Å²) in [4.78, 5) is 11.6. The fraction of sp³-hybridized carbons (Fsp3) is 0.500. The highest BCUT2D eigenvalue weighted by Crippen LogP contribution is 2.34. The number of hydrogen-bond donors (Lipinski definition) is 2. The van der Waals surface area contributed by atoms with Crippen molar-refractivity contribution in [2.45, 2.75) is 45.6 Å². The lowest BCUT2D eigenvalue weighted by Gasteiger charge is -2.21. The van der Waals surface area contributed by atoms with Crippen LogP contribution in [0.1, 0.15) is 38.0 Å². The highest BCUT2D eigenvalue weighted by molar-refractivity contribution is 5.86. The fourth-order valence-corrected chi connectivity index (χ4v) is 1.55. The van der Waals surface area contributed by atoms with E-state index in [1.165, 1.54) is 6.07 Å². The van der Waals surface area contributed by atoms with Crippen LogP contribution in [0.15, 0.2) is 18.2 Å². The number of ether oxygens (including phenoxy) is 1. The van der Waals surface area contributed by atoms with Gasteiger partial charge in [0, 0.05) is 5.69 Å². The summed E-state index contributed by atoms with van der Waals surface area (Å²) in [7, 11) is 0. The molecule has 0 saturated heterocycles. The van der Waals surface area contributed by atoms with Gasteiger partial charge in [0.1, 0.15) is 5.60 Å². The second-order valence-electron chi connectivity index (χ2n) is 5.65. The van der Waals surface area contributed by atoms with Gasteiger partial charge in [0.15, 0.2) is 6.10 Å². The molecule has 0 radical (unpaired) electrons. The summed E-state index contributed by atoms with van der Waals surface area (Å²) >= 11 is 0. The molecule has 0 heterocycles. The maximum absolute atomic E-state index is 12.5. The number of aryl methyl sites for hydroxylation is 1. The third kappa shape index (κ3) is 5.26. The van der Waals surface area contributed by atoms with Crippen LogP contribution < -0.4 is 5.32 Å². The van der Waals surface area contributed by atoms with Crippen LogP contribution in [-0.2, 0) is 4.74 Å². The van der Waals surface area contributed by atoms with Crippen LogP contribution in [0.5, 0.6) is 0 Å². The van der Waals surface area contributed by atoms with Crippen molar-refractivity contribution in [1.29, 1.82) is 0 Å². The molecule has 1 amide bonds. The van der Waals surface area contributed by atoms with Crippen LogP contribution in [0.3, 0.4) is 0 Å². The maximum Gasteiger partial charge on any atom is 0.418 e. The molecule has 0 bridgehead atoms. The summed E-state index contributed by atoms with van der Waals surface area (Å²) in [5, 5.41) is 11.6. The average molecular weight is 305 g/mol. The first-order valence-corrected chi connectivity index (χ1v) is 6.25. The number of halogens is 3. The van der Waals surface area contributed by atoms with Gasteiger partial charge in [-0.3, -0.25) is 5.32 Å². The number of aliphatic hydroxyl groups is 1. The van der Waals surface area contributed by atoms with E-state index in [1.54, 1.807) is 27.7 Å². The van der Waals surface area contributed by atoms with E-state index in [9.17, 15) is 23.1 Å². The maximum atomic E-state index is 12.5. The van der Waals surface area contributed by atoms with Crippen molar-refractivity contribution in [3.8, 4) is 0 Å². The third-order valence-electron chi connectivity index (χ3n) is 2.52. The van der Waals surface area contributed by atoms with E-state index in [-0.39, 0.29) is 11.3 Å². The van der Waals surface area contributed by atoms with Crippen LogP contribution in [0.4, 0.5) is 23.7 Å². The molecule has 0 fully saturated rings. The third-order valence-corrected chi connectivity index (χ3v) is 2.52. The van der Waals surface area contributed by atoms with E-state index in [4.69, 9.17) is 4.74 Å². The highest BCUT2D eigenvalue weighted by Gasteiger charge is 2.39. The molecule has 4 nitrogen and oxygen atoms in total. The Morgan fingerprint density at radius 1 is 1.29 bits per heavy atom. The van der Waals surface area contributed by atoms with Gasteiger partial charge in [-0.2, -0.15) is 13.2 Å². The number of nitrogens with one attached hydrogen (secondary N) is 1. The first-order chi connectivity index (χ1) is 9.40. The second-order valence-corrected chi connectivity index (χ2v) is 5.65. The van der Waals surface area contributed by atoms with Gasteiger partial charge in [0.2, 0.25) is 0 Å². The molecule has 2 N–H and O–H groups in total. The molecule has 1 aromatic rings. The van der Waals surface area contributed by atoms with Crippen LogP contribution in [0.25, 0.3) is 0 Å². The summed E-state index contributed by atoms with van der Waals surface area (Å²) in [6.45, 7) is 6.63. The molecule has 0 aliphatic carbocycles. The van der Waals surface area contributed by atoms with Gasteiger partial charge >= 0.3 is 12.3 Å². The Morgan fingerprint density at radius 2 is 1.86 bits per heavy atom. The van der Waals surface area contributed by atoms with Crippen LogP contribution in [-0.4, -0.2) is 23.0 Å². The molecule has 7 heteroatoms. The van der Waals surface area contributed by atoms with E-state index >= 15 is 0 Å². The SMILES string of the molecule is Cc1ccc([C@@H](O)C(F)(F)F)cc1NC(=O)OC(C)(C)C. The van der Waals surface area contributed by atoms with Gasteiger partial charge in [-0.15, -0.1) is 0 Å². The number of alkyl halides is 3. The van der Waals surface area contributed by atoms with E-state index in [0.717, 1.165) is 12.1 Å². The van der Waals surface area contributed by atoms with Gasteiger partial charge in [-0.1, -0.05) is 12.1 Å². The number of aliphatic hydroxyl groups excluding tert-OH is 1. The molecule has 0 aliphatic heterocycles. The second kappa shape index (κ2) is 5.93. The quantitative estimate of drug-likeness (QED) is 0.870. The first kappa shape index (κ1) is 17.3. The predicted octanol–water partition coefficient (Wildman–Crippen LogP) is 3.94. The van der Waals surface area contributed by atoms with Crippen molar-refractivity contribution in [2.75, 3.05) is 5.32 Å². The summed E-state index contributed by atoms with van der Waals surface area (Å²) < 4.78 is 42.5. The predicted molar refractivity (Wildman–Crippen MR) is 72.1 cm³/mol. The lowest BCUT2D eigenvalue weighted by atomic mass is 10.1. The lowest BCUT2D eigenvalue weighted by molar-refractivity contribution is -0.206. The van der Waals surface area contributed by atoms with Crippen molar-refractivity contribution in [3.05, 3.63) is 29.3 Å². The summed E-state index contributed by atoms with van der Waals surface area (Å²) in [6.07, 6.45) is -8.14. The van der Waals surface area contributed by atoms with Crippen molar-refractivity contribution in [1.82, 2.24) is 0 Å².